The summed E-state index contributed by atoms with van der Waals surface area (Å²) in [5.74, 6) is 0.808. The summed E-state index contributed by atoms with van der Waals surface area (Å²) < 4.78 is 5.51. The minimum atomic E-state index is -0.692. The van der Waals surface area contributed by atoms with E-state index in [1.165, 1.54) is 0 Å². The topological polar surface area (TPSA) is 53.2 Å². The minimum absolute atomic E-state index is 0.587. The van der Waals surface area contributed by atoms with Crippen LogP contribution in [0, 0.1) is 11.3 Å². The van der Waals surface area contributed by atoms with Crippen LogP contribution in [0.1, 0.15) is 36.1 Å². The maximum atomic E-state index is 10.3. The smallest absolute Gasteiger partial charge is 0.119 e. The van der Waals surface area contributed by atoms with Crippen LogP contribution in [0.4, 0.5) is 0 Å². The van der Waals surface area contributed by atoms with Crippen molar-refractivity contribution in [3.05, 3.63) is 65.2 Å². The highest BCUT2D eigenvalue weighted by Gasteiger charge is 2.10. The van der Waals surface area contributed by atoms with E-state index in [-0.39, 0.29) is 0 Å². The third-order valence-corrected chi connectivity index (χ3v) is 3.02. The van der Waals surface area contributed by atoms with Crippen LogP contribution in [-0.2, 0) is 0 Å². The van der Waals surface area contributed by atoms with Crippen molar-refractivity contribution in [2.24, 2.45) is 0 Å². The van der Waals surface area contributed by atoms with E-state index < -0.39 is 6.10 Å². The Bertz CT molecular complexity index is 582. The molecule has 0 saturated carbocycles. The van der Waals surface area contributed by atoms with Crippen LogP contribution in [0.15, 0.2) is 48.5 Å². The summed E-state index contributed by atoms with van der Waals surface area (Å²) in [7, 11) is 0. The van der Waals surface area contributed by atoms with E-state index >= 15 is 0 Å². The van der Waals surface area contributed by atoms with Crippen LogP contribution in [0.25, 0.3) is 0 Å². The number of ether oxygens (including phenoxy) is 1. The summed E-state index contributed by atoms with van der Waals surface area (Å²) in [6, 6.07) is 16.4. The molecule has 0 fully saturated rings. The van der Waals surface area contributed by atoms with Crippen molar-refractivity contribution >= 4 is 0 Å². The monoisotopic (exact) mass is 267 g/mol. The molecule has 0 radical (unpaired) electrons. The van der Waals surface area contributed by atoms with Crippen LogP contribution >= 0.6 is 0 Å². The Morgan fingerprint density at radius 2 is 1.60 bits per heavy atom. The molecule has 2 aromatic rings. The zero-order valence-electron chi connectivity index (χ0n) is 11.4. The number of hydrogen-bond acceptors (Lipinski definition) is 3. The van der Waals surface area contributed by atoms with Gasteiger partial charge < -0.3 is 9.84 Å². The molecule has 0 spiro atoms. The molecule has 0 aromatic heterocycles. The number of benzene rings is 2. The van der Waals surface area contributed by atoms with E-state index in [0.29, 0.717) is 12.2 Å². The highest BCUT2D eigenvalue weighted by atomic mass is 16.5. The lowest BCUT2D eigenvalue weighted by molar-refractivity contribution is 0.220. The third-order valence-electron chi connectivity index (χ3n) is 3.02. The summed E-state index contributed by atoms with van der Waals surface area (Å²) in [6.45, 7) is 2.75. The molecule has 3 heteroatoms. The highest BCUT2D eigenvalue weighted by Crippen LogP contribution is 2.24. The fraction of sp³-hybridized carbons (Fsp3) is 0.235. The summed E-state index contributed by atoms with van der Waals surface area (Å²) in [6.07, 6.45) is 0.276. The minimum Gasteiger partial charge on any atom is -0.494 e. The van der Waals surface area contributed by atoms with E-state index in [0.717, 1.165) is 23.3 Å². The average molecular weight is 267 g/mol. The summed E-state index contributed by atoms with van der Waals surface area (Å²) in [4.78, 5) is 0. The van der Waals surface area contributed by atoms with Crippen molar-refractivity contribution in [2.75, 3.05) is 6.61 Å². The fourth-order valence-electron chi connectivity index (χ4n) is 1.90. The van der Waals surface area contributed by atoms with Gasteiger partial charge in [-0.15, -0.1) is 0 Å². The number of aliphatic hydroxyl groups excluding tert-OH is 1. The van der Waals surface area contributed by atoms with Crippen molar-refractivity contribution in [1.29, 1.82) is 5.26 Å². The Labute approximate surface area is 119 Å². The second-order valence-electron chi connectivity index (χ2n) is 4.55. The molecular formula is C17H17NO2. The quantitative estimate of drug-likeness (QED) is 0.903. The van der Waals surface area contributed by atoms with Gasteiger partial charge >= 0.3 is 0 Å². The van der Waals surface area contributed by atoms with Gasteiger partial charge in [0.1, 0.15) is 11.9 Å². The first-order chi connectivity index (χ1) is 9.74. The van der Waals surface area contributed by atoms with Crippen LogP contribution < -0.4 is 4.74 Å². The molecule has 1 unspecified atom stereocenters. The van der Waals surface area contributed by atoms with Gasteiger partial charge in [-0.2, -0.15) is 5.26 Å². The number of nitrogens with zero attached hydrogens (tertiary/aromatic N) is 1. The van der Waals surface area contributed by atoms with Gasteiger partial charge in [0.15, 0.2) is 0 Å². The number of hydrogen-bond donors (Lipinski definition) is 1. The molecule has 2 aromatic carbocycles. The van der Waals surface area contributed by atoms with Crippen molar-refractivity contribution < 1.29 is 9.84 Å². The molecule has 102 valence electrons. The van der Waals surface area contributed by atoms with Crippen molar-refractivity contribution in [3.8, 4) is 11.8 Å². The second-order valence-corrected chi connectivity index (χ2v) is 4.55. The predicted octanol–water partition coefficient (Wildman–Crippen LogP) is 3.43. The van der Waals surface area contributed by atoms with E-state index in [1.54, 1.807) is 24.3 Å². The average Bonchev–Trinajstić information content (AvgIpc) is 2.53. The lowest BCUT2D eigenvalue weighted by atomic mass is 10.0. The van der Waals surface area contributed by atoms with Gasteiger partial charge in [0.2, 0.25) is 0 Å². The molecule has 2 rings (SSSR count). The van der Waals surface area contributed by atoms with E-state index in [1.807, 2.05) is 24.3 Å². The molecular weight excluding hydrogens is 250 g/mol. The SMILES string of the molecule is CCCOc1ccc(C(O)c2ccc(C#N)cc2)cc1. The van der Waals surface area contributed by atoms with Gasteiger partial charge in [-0.25, -0.2) is 0 Å². The Morgan fingerprint density at radius 3 is 2.10 bits per heavy atom. The molecule has 0 amide bonds. The lowest BCUT2D eigenvalue weighted by Crippen LogP contribution is -2.00. The van der Waals surface area contributed by atoms with Gasteiger partial charge in [-0.1, -0.05) is 31.2 Å². The number of rotatable bonds is 5. The summed E-state index contributed by atoms with van der Waals surface area (Å²) >= 11 is 0. The molecule has 0 aliphatic heterocycles. The first-order valence-corrected chi connectivity index (χ1v) is 6.65. The van der Waals surface area contributed by atoms with Gasteiger partial charge in [0.25, 0.3) is 0 Å². The Morgan fingerprint density at radius 1 is 1.05 bits per heavy atom. The maximum Gasteiger partial charge on any atom is 0.119 e. The third kappa shape index (κ3) is 3.37. The van der Waals surface area contributed by atoms with E-state index in [2.05, 4.69) is 13.0 Å². The summed E-state index contributed by atoms with van der Waals surface area (Å²) in [5, 5.41) is 19.1. The molecule has 1 N–H and O–H groups in total. The van der Waals surface area contributed by atoms with Crippen LogP contribution in [0.5, 0.6) is 5.75 Å². The first kappa shape index (κ1) is 14.1. The first-order valence-electron chi connectivity index (χ1n) is 6.65. The van der Waals surface area contributed by atoms with E-state index in [9.17, 15) is 5.11 Å². The standard InChI is InChI=1S/C17H17NO2/c1-2-11-20-16-9-7-15(8-10-16)17(19)14-5-3-13(12-18)4-6-14/h3-10,17,19H,2,11H2,1H3. The van der Waals surface area contributed by atoms with Gasteiger partial charge in [-0.05, 0) is 41.8 Å². The molecule has 1 atom stereocenters. The molecule has 0 heterocycles. The van der Waals surface area contributed by atoms with Crippen molar-refractivity contribution in [1.82, 2.24) is 0 Å². The lowest BCUT2D eigenvalue weighted by Gasteiger charge is -2.12. The zero-order valence-corrected chi connectivity index (χ0v) is 11.4. The van der Waals surface area contributed by atoms with Gasteiger partial charge in [0, 0.05) is 0 Å². The van der Waals surface area contributed by atoms with Crippen LogP contribution in [0.2, 0.25) is 0 Å². The Balaban J connectivity index is 2.11. The molecule has 0 bridgehead atoms. The van der Waals surface area contributed by atoms with Crippen molar-refractivity contribution in [3.63, 3.8) is 0 Å². The molecule has 3 nitrogen and oxygen atoms in total. The van der Waals surface area contributed by atoms with Crippen LogP contribution in [0.3, 0.4) is 0 Å². The molecule has 20 heavy (non-hydrogen) atoms. The molecule has 0 aliphatic rings. The van der Waals surface area contributed by atoms with Gasteiger partial charge in [0.05, 0.1) is 18.2 Å². The number of nitriles is 1. The summed E-state index contributed by atoms with van der Waals surface area (Å²) in [5.41, 5.74) is 2.16. The molecule has 0 saturated heterocycles. The van der Waals surface area contributed by atoms with E-state index in [4.69, 9.17) is 10.00 Å². The zero-order chi connectivity index (χ0) is 14.4. The maximum absolute atomic E-state index is 10.3. The van der Waals surface area contributed by atoms with Crippen LogP contribution in [-0.4, -0.2) is 11.7 Å². The second kappa shape index (κ2) is 6.74. The Kier molecular flexibility index (Phi) is 4.75. The fourth-order valence-corrected chi connectivity index (χ4v) is 1.90. The largest absolute Gasteiger partial charge is 0.494 e. The number of aliphatic hydroxyl groups is 1. The normalized spacial score (nSPS) is 11.7. The van der Waals surface area contributed by atoms with Gasteiger partial charge in [-0.3, -0.25) is 0 Å². The van der Waals surface area contributed by atoms with Crippen molar-refractivity contribution in [2.45, 2.75) is 19.4 Å². The highest BCUT2D eigenvalue weighted by molar-refractivity contribution is 5.37. The predicted molar refractivity (Wildman–Crippen MR) is 77.4 cm³/mol. The molecule has 0 aliphatic carbocycles. The Hall–Kier alpha value is -2.31.